The Morgan fingerprint density at radius 1 is 1.05 bits per heavy atom. The highest BCUT2D eigenvalue weighted by Gasteiger charge is 2.33. The molecule has 1 N–H and O–H groups in total. The minimum absolute atomic E-state index is 0.0411. The Morgan fingerprint density at radius 2 is 1.95 bits per heavy atom. The molecule has 3 fully saturated rings. The molecular formula is C16H30N2O. The molecule has 110 valence electrons. The van der Waals surface area contributed by atoms with Crippen LogP contribution in [0.25, 0.3) is 0 Å². The van der Waals surface area contributed by atoms with Crippen molar-refractivity contribution in [1.82, 2.24) is 9.80 Å². The molecule has 3 heteroatoms. The van der Waals surface area contributed by atoms with E-state index in [0.29, 0.717) is 5.92 Å². The average Bonchev–Trinajstić information content (AvgIpc) is 2.43. The fraction of sp³-hybridized carbons (Fsp3) is 1.00. The first-order chi connectivity index (χ1) is 9.22. The predicted molar refractivity (Wildman–Crippen MR) is 78.2 cm³/mol. The van der Waals surface area contributed by atoms with Gasteiger partial charge in [0.1, 0.15) is 0 Å². The summed E-state index contributed by atoms with van der Waals surface area (Å²) in [5, 5.41) is 10.2. The number of rotatable bonds is 2. The maximum Gasteiger partial charge on any atom is 0.0580 e. The molecule has 3 nitrogen and oxygen atoms in total. The fourth-order valence-corrected chi connectivity index (χ4v) is 4.40. The van der Waals surface area contributed by atoms with Crippen molar-refractivity contribution in [3.05, 3.63) is 0 Å². The van der Waals surface area contributed by atoms with Crippen molar-refractivity contribution in [3.8, 4) is 0 Å². The molecule has 0 aromatic carbocycles. The van der Waals surface area contributed by atoms with Crippen LogP contribution in [0.15, 0.2) is 0 Å². The van der Waals surface area contributed by atoms with Crippen LogP contribution in [0.4, 0.5) is 0 Å². The molecule has 4 atom stereocenters. The van der Waals surface area contributed by atoms with Gasteiger partial charge in [-0.3, -0.25) is 4.90 Å². The lowest BCUT2D eigenvalue weighted by Gasteiger charge is -2.45. The summed E-state index contributed by atoms with van der Waals surface area (Å²) in [7, 11) is 0. The molecule has 0 radical (unpaired) electrons. The minimum atomic E-state index is -0.0411. The van der Waals surface area contributed by atoms with Gasteiger partial charge in [-0.25, -0.2) is 0 Å². The highest BCUT2D eigenvalue weighted by Crippen LogP contribution is 2.30. The third-order valence-corrected chi connectivity index (χ3v) is 5.62. The quantitative estimate of drug-likeness (QED) is 0.827. The van der Waals surface area contributed by atoms with Gasteiger partial charge in [-0.15, -0.1) is 0 Å². The van der Waals surface area contributed by atoms with Crippen molar-refractivity contribution in [2.45, 2.75) is 57.6 Å². The Labute approximate surface area is 118 Å². The molecular weight excluding hydrogens is 236 g/mol. The molecule has 0 amide bonds. The number of aliphatic hydroxyl groups is 1. The van der Waals surface area contributed by atoms with Crippen molar-refractivity contribution in [2.24, 2.45) is 11.8 Å². The summed E-state index contributed by atoms with van der Waals surface area (Å²) in [5.41, 5.74) is 0. The van der Waals surface area contributed by atoms with E-state index >= 15 is 0 Å². The van der Waals surface area contributed by atoms with Gasteiger partial charge < -0.3 is 10.0 Å². The van der Waals surface area contributed by atoms with E-state index in [4.69, 9.17) is 0 Å². The van der Waals surface area contributed by atoms with Crippen LogP contribution in [0, 0.1) is 11.8 Å². The second-order valence-corrected chi connectivity index (χ2v) is 7.19. The number of piperazine rings is 1. The van der Waals surface area contributed by atoms with Crippen LogP contribution in [0.2, 0.25) is 0 Å². The predicted octanol–water partition coefficient (Wildman–Crippen LogP) is 1.95. The first-order valence-electron chi connectivity index (χ1n) is 8.37. The maximum absolute atomic E-state index is 10.2. The lowest BCUT2D eigenvalue weighted by Crippen LogP contribution is -2.56. The molecule has 1 aliphatic carbocycles. The van der Waals surface area contributed by atoms with Crippen molar-refractivity contribution in [2.75, 3.05) is 32.7 Å². The van der Waals surface area contributed by atoms with E-state index in [-0.39, 0.29) is 6.10 Å². The summed E-state index contributed by atoms with van der Waals surface area (Å²) in [6, 6.07) is 0.806. The number of piperidine rings is 1. The highest BCUT2D eigenvalue weighted by molar-refractivity contribution is 4.88. The first kappa shape index (κ1) is 13.8. The van der Waals surface area contributed by atoms with Crippen LogP contribution in [-0.4, -0.2) is 59.8 Å². The summed E-state index contributed by atoms with van der Waals surface area (Å²) < 4.78 is 0. The molecule has 2 saturated heterocycles. The molecule has 3 aliphatic rings. The molecule has 19 heavy (non-hydrogen) atoms. The Balaban J connectivity index is 1.52. The van der Waals surface area contributed by atoms with E-state index in [0.717, 1.165) is 24.9 Å². The number of nitrogens with zero attached hydrogens (tertiary/aromatic N) is 2. The normalized spacial score (nSPS) is 42.0. The van der Waals surface area contributed by atoms with Crippen molar-refractivity contribution in [1.29, 1.82) is 0 Å². The van der Waals surface area contributed by atoms with Gasteiger partial charge in [0.05, 0.1) is 6.10 Å². The Bertz CT molecular complexity index is 296. The Kier molecular flexibility index (Phi) is 4.45. The molecule has 0 bridgehead atoms. The number of hydrogen-bond acceptors (Lipinski definition) is 3. The van der Waals surface area contributed by atoms with Crippen molar-refractivity contribution in [3.63, 3.8) is 0 Å². The van der Waals surface area contributed by atoms with Crippen molar-refractivity contribution < 1.29 is 5.11 Å². The Morgan fingerprint density at radius 3 is 2.84 bits per heavy atom. The number of fused-ring (bicyclic) bond motifs is 1. The van der Waals surface area contributed by atoms with Crippen LogP contribution in [0.1, 0.15) is 45.4 Å². The molecule has 0 spiro atoms. The zero-order valence-electron chi connectivity index (χ0n) is 12.4. The Hall–Kier alpha value is -0.120. The van der Waals surface area contributed by atoms with Crippen molar-refractivity contribution >= 4 is 0 Å². The van der Waals surface area contributed by atoms with Gasteiger partial charge in [-0.2, -0.15) is 0 Å². The first-order valence-corrected chi connectivity index (χ1v) is 8.37. The summed E-state index contributed by atoms with van der Waals surface area (Å²) in [6.45, 7) is 8.52. The topological polar surface area (TPSA) is 26.7 Å². The van der Waals surface area contributed by atoms with Gasteiger partial charge in [0.2, 0.25) is 0 Å². The molecule has 2 heterocycles. The van der Waals surface area contributed by atoms with E-state index in [2.05, 4.69) is 16.7 Å². The average molecular weight is 266 g/mol. The van der Waals surface area contributed by atoms with Gasteiger partial charge in [-0.05, 0) is 50.5 Å². The highest BCUT2D eigenvalue weighted by atomic mass is 16.3. The standard InChI is InChI=1S/C16H30N2O/c1-13-5-6-16(19)14(10-13)11-17-8-9-18-7-3-2-4-15(18)12-17/h13-16,19H,2-12H2,1H3. The third kappa shape index (κ3) is 3.32. The van der Waals surface area contributed by atoms with Gasteiger partial charge in [0.15, 0.2) is 0 Å². The smallest absolute Gasteiger partial charge is 0.0580 e. The molecule has 0 aromatic rings. The lowest BCUT2D eigenvalue weighted by molar-refractivity contribution is -0.000573. The van der Waals surface area contributed by atoms with E-state index in [1.54, 1.807) is 0 Å². The molecule has 2 aliphatic heterocycles. The van der Waals surface area contributed by atoms with E-state index in [1.165, 1.54) is 58.3 Å². The SMILES string of the molecule is CC1CCC(O)C(CN2CCN3CCCCC3C2)C1. The number of hydrogen-bond donors (Lipinski definition) is 1. The number of aliphatic hydroxyl groups excluding tert-OH is 1. The van der Waals surface area contributed by atoms with E-state index in [9.17, 15) is 5.11 Å². The van der Waals surface area contributed by atoms with Crippen LogP contribution in [-0.2, 0) is 0 Å². The maximum atomic E-state index is 10.2. The largest absolute Gasteiger partial charge is 0.393 e. The fourth-order valence-electron chi connectivity index (χ4n) is 4.40. The molecule has 0 aromatic heterocycles. The second kappa shape index (κ2) is 6.11. The molecule has 1 saturated carbocycles. The van der Waals surface area contributed by atoms with E-state index < -0.39 is 0 Å². The minimum Gasteiger partial charge on any atom is -0.393 e. The van der Waals surface area contributed by atoms with Crippen LogP contribution in [0.5, 0.6) is 0 Å². The lowest BCUT2D eigenvalue weighted by atomic mass is 9.80. The third-order valence-electron chi connectivity index (χ3n) is 5.62. The monoisotopic (exact) mass is 266 g/mol. The van der Waals surface area contributed by atoms with Gasteiger partial charge in [0.25, 0.3) is 0 Å². The van der Waals surface area contributed by atoms with Crippen LogP contribution < -0.4 is 0 Å². The van der Waals surface area contributed by atoms with Gasteiger partial charge in [0, 0.05) is 32.2 Å². The van der Waals surface area contributed by atoms with Crippen LogP contribution in [0.3, 0.4) is 0 Å². The zero-order valence-corrected chi connectivity index (χ0v) is 12.4. The second-order valence-electron chi connectivity index (χ2n) is 7.19. The molecule has 4 unspecified atom stereocenters. The van der Waals surface area contributed by atoms with E-state index in [1.807, 2.05) is 0 Å². The summed E-state index contributed by atoms with van der Waals surface area (Å²) in [4.78, 5) is 5.33. The van der Waals surface area contributed by atoms with Gasteiger partial charge >= 0.3 is 0 Å². The summed E-state index contributed by atoms with van der Waals surface area (Å²) in [6.07, 6.45) is 7.63. The summed E-state index contributed by atoms with van der Waals surface area (Å²) >= 11 is 0. The van der Waals surface area contributed by atoms with Crippen LogP contribution >= 0.6 is 0 Å². The summed E-state index contributed by atoms with van der Waals surface area (Å²) in [5.74, 6) is 1.34. The van der Waals surface area contributed by atoms with Gasteiger partial charge in [-0.1, -0.05) is 13.3 Å². The molecule has 3 rings (SSSR count). The zero-order chi connectivity index (χ0) is 13.2.